The molecule has 0 atom stereocenters. The van der Waals surface area contributed by atoms with Gasteiger partial charge in [0.25, 0.3) is 0 Å². The van der Waals surface area contributed by atoms with E-state index in [1.54, 1.807) is 19.2 Å². The van der Waals surface area contributed by atoms with Crippen LogP contribution in [0.2, 0.25) is 0 Å². The molecule has 1 aromatic heterocycles. The fourth-order valence-electron chi connectivity index (χ4n) is 3.43. The summed E-state index contributed by atoms with van der Waals surface area (Å²) in [7, 11) is 1.58. The van der Waals surface area contributed by atoms with E-state index in [1.807, 2.05) is 57.2 Å². The van der Waals surface area contributed by atoms with E-state index in [9.17, 15) is 9.59 Å². The van der Waals surface area contributed by atoms with E-state index in [4.69, 9.17) is 20.6 Å². The van der Waals surface area contributed by atoms with Crippen LogP contribution in [0.4, 0.5) is 5.95 Å². The van der Waals surface area contributed by atoms with Crippen molar-refractivity contribution >= 4 is 11.9 Å². The Morgan fingerprint density at radius 1 is 0.944 bits per heavy atom. The molecular formula is C25H33N7O4. The van der Waals surface area contributed by atoms with Crippen LogP contribution >= 0.6 is 0 Å². The van der Waals surface area contributed by atoms with Crippen LogP contribution in [0.5, 0.6) is 11.5 Å². The molecule has 0 saturated carbocycles. The lowest BCUT2D eigenvalue weighted by atomic mass is 10.1. The van der Waals surface area contributed by atoms with Gasteiger partial charge in [0.05, 0.1) is 20.2 Å². The van der Waals surface area contributed by atoms with E-state index >= 15 is 0 Å². The monoisotopic (exact) mass is 495 g/mol. The molecule has 0 saturated heterocycles. The maximum atomic E-state index is 13.5. The van der Waals surface area contributed by atoms with Crippen LogP contribution in [0.3, 0.4) is 0 Å². The molecule has 0 bridgehead atoms. The van der Waals surface area contributed by atoms with Crippen LogP contribution < -0.4 is 37.2 Å². The van der Waals surface area contributed by atoms with Gasteiger partial charge in [-0.3, -0.25) is 9.98 Å². The molecule has 2 aromatic carbocycles. The van der Waals surface area contributed by atoms with Gasteiger partial charge in [0.2, 0.25) is 5.95 Å². The van der Waals surface area contributed by atoms with Crippen molar-refractivity contribution in [3.8, 4) is 11.5 Å². The summed E-state index contributed by atoms with van der Waals surface area (Å²) >= 11 is 0. The number of methoxy groups -OCH3 is 1. The first kappa shape index (κ1) is 26.3. The van der Waals surface area contributed by atoms with Crippen LogP contribution in [0.1, 0.15) is 31.9 Å². The van der Waals surface area contributed by atoms with Crippen LogP contribution in [0, 0.1) is 5.41 Å². The third kappa shape index (κ3) is 7.36. The Labute approximate surface area is 209 Å². The maximum Gasteiger partial charge on any atom is 0.355 e. The Hall–Kier alpha value is -4.28. The number of hydrogen-bond acceptors (Lipinski definition) is 7. The van der Waals surface area contributed by atoms with Crippen LogP contribution in [0.15, 0.2) is 58.1 Å². The largest absolute Gasteiger partial charge is 0.497 e. The van der Waals surface area contributed by atoms with Gasteiger partial charge in [-0.15, -0.1) is 0 Å². The summed E-state index contributed by atoms with van der Waals surface area (Å²) in [5.41, 5.74) is 5.41. The lowest BCUT2D eigenvalue weighted by Crippen LogP contribution is -2.43. The van der Waals surface area contributed by atoms with Gasteiger partial charge in [-0.05, 0) is 56.2 Å². The Morgan fingerprint density at radius 2 is 1.50 bits per heavy atom. The molecular weight excluding hydrogens is 462 g/mol. The lowest BCUT2D eigenvalue weighted by Gasteiger charge is -2.21. The third-order valence-electron chi connectivity index (χ3n) is 5.06. The number of hydrogen-bond donors (Lipinski definition) is 4. The van der Waals surface area contributed by atoms with Crippen molar-refractivity contribution in [2.75, 3.05) is 25.5 Å². The van der Waals surface area contributed by atoms with Crippen molar-refractivity contribution in [1.29, 1.82) is 5.41 Å². The summed E-state index contributed by atoms with van der Waals surface area (Å²) in [4.78, 5) is 30.4. The SMILES string of the molecule is COc1ccc(Cn2c(NCCNC(=N)N)nc(=O)n(Cc3ccc(OC(C)(C)C)cc3)c2=O)cc1. The highest BCUT2D eigenvalue weighted by Crippen LogP contribution is 2.19. The predicted octanol–water partition coefficient (Wildman–Crippen LogP) is 1.58. The average molecular weight is 496 g/mol. The molecule has 11 nitrogen and oxygen atoms in total. The molecule has 0 radical (unpaired) electrons. The van der Waals surface area contributed by atoms with E-state index in [1.165, 1.54) is 4.57 Å². The minimum Gasteiger partial charge on any atom is -0.497 e. The quantitative estimate of drug-likeness (QED) is 0.188. The number of anilines is 1. The zero-order valence-electron chi connectivity index (χ0n) is 21.0. The van der Waals surface area contributed by atoms with E-state index < -0.39 is 11.4 Å². The molecule has 1 heterocycles. The number of guanidine groups is 1. The summed E-state index contributed by atoms with van der Waals surface area (Å²) < 4.78 is 13.6. The number of rotatable bonds is 10. The molecule has 5 N–H and O–H groups in total. The fraction of sp³-hybridized carbons (Fsp3) is 0.360. The molecule has 0 amide bonds. The van der Waals surface area contributed by atoms with Crippen molar-refractivity contribution in [2.24, 2.45) is 5.73 Å². The molecule has 0 aliphatic carbocycles. The highest BCUT2D eigenvalue weighted by Gasteiger charge is 2.15. The Balaban J connectivity index is 1.91. The Kier molecular flexibility index (Phi) is 8.36. The van der Waals surface area contributed by atoms with Gasteiger partial charge in [-0.1, -0.05) is 24.3 Å². The number of nitrogens with zero attached hydrogens (tertiary/aromatic N) is 3. The first-order valence-electron chi connectivity index (χ1n) is 11.5. The second kappa shape index (κ2) is 11.4. The van der Waals surface area contributed by atoms with Gasteiger partial charge in [0.15, 0.2) is 5.96 Å². The predicted molar refractivity (Wildman–Crippen MR) is 139 cm³/mol. The zero-order valence-corrected chi connectivity index (χ0v) is 21.0. The molecule has 0 spiro atoms. The summed E-state index contributed by atoms with van der Waals surface area (Å²) in [6.45, 7) is 6.76. The van der Waals surface area contributed by atoms with E-state index in [0.717, 1.165) is 15.7 Å². The first-order chi connectivity index (χ1) is 17.1. The average Bonchev–Trinajstić information content (AvgIpc) is 2.82. The number of nitrogens with two attached hydrogens (primary N) is 1. The van der Waals surface area contributed by atoms with E-state index in [0.29, 0.717) is 24.6 Å². The second-order valence-corrected chi connectivity index (χ2v) is 9.15. The van der Waals surface area contributed by atoms with Gasteiger partial charge < -0.3 is 25.8 Å². The van der Waals surface area contributed by atoms with Crippen molar-refractivity contribution in [3.63, 3.8) is 0 Å². The molecule has 36 heavy (non-hydrogen) atoms. The lowest BCUT2D eigenvalue weighted by molar-refractivity contribution is 0.131. The van der Waals surface area contributed by atoms with E-state index in [-0.39, 0.29) is 30.6 Å². The summed E-state index contributed by atoms with van der Waals surface area (Å²) in [5.74, 6) is 1.36. The van der Waals surface area contributed by atoms with E-state index in [2.05, 4.69) is 15.6 Å². The summed E-state index contributed by atoms with van der Waals surface area (Å²) in [6, 6.07) is 14.6. The molecule has 11 heteroatoms. The molecule has 3 rings (SSSR count). The fourth-order valence-corrected chi connectivity index (χ4v) is 3.43. The molecule has 0 fully saturated rings. The van der Waals surface area contributed by atoms with Crippen LogP contribution in [-0.4, -0.2) is 45.9 Å². The van der Waals surface area contributed by atoms with Crippen molar-refractivity contribution < 1.29 is 9.47 Å². The normalized spacial score (nSPS) is 11.1. The Morgan fingerprint density at radius 3 is 2.03 bits per heavy atom. The topological polar surface area (TPSA) is 149 Å². The van der Waals surface area contributed by atoms with Crippen molar-refractivity contribution in [3.05, 3.63) is 80.6 Å². The van der Waals surface area contributed by atoms with Gasteiger partial charge >= 0.3 is 11.4 Å². The number of aromatic nitrogens is 3. The smallest absolute Gasteiger partial charge is 0.355 e. The first-order valence-corrected chi connectivity index (χ1v) is 11.5. The maximum absolute atomic E-state index is 13.5. The van der Waals surface area contributed by atoms with Crippen molar-refractivity contribution in [2.45, 2.75) is 39.5 Å². The number of benzene rings is 2. The zero-order chi connectivity index (χ0) is 26.3. The number of ether oxygens (including phenoxy) is 2. The molecule has 0 aliphatic heterocycles. The van der Waals surface area contributed by atoms with Crippen molar-refractivity contribution in [1.82, 2.24) is 19.4 Å². The second-order valence-electron chi connectivity index (χ2n) is 9.15. The van der Waals surface area contributed by atoms with Gasteiger partial charge in [-0.25, -0.2) is 14.2 Å². The molecule has 3 aromatic rings. The van der Waals surface area contributed by atoms with Gasteiger partial charge in [-0.2, -0.15) is 4.98 Å². The Bertz CT molecular complexity index is 1290. The molecule has 0 unspecified atom stereocenters. The minimum absolute atomic E-state index is 0.0647. The molecule has 192 valence electrons. The van der Waals surface area contributed by atoms with Gasteiger partial charge in [0.1, 0.15) is 17.1 Å². The third-order valence-corrected chi connectivity index (χ3v) is 5.06. The highest BCUT2D eigenvalue weighted by molar-refractivity contribution is 5.74. The highest BCUT2D eigenvalue weighted by atomic mass is 16.5. The standard InChI is InChI=1S/C25H33N7O4/c1-25(2,3)36-20-11-7-18(8-12-20)16-32-23(33)30-22(29-14-13-28-21(26)27)31(24(32)34)15-17-5-9-19(35-4)10-6-17/h5-12H,13-16H2,1-4H3,(H4,26,27,28)(H,29,30,33). The summed E-state index contributed by atoms with van der Waals surface area (Å²) in [5, 5.41) is 12.9. The van der Waals surface area contributed by atoms with Gasteiger partial charge in [0, 0.05) is 13.1 Å². The van der Waals surface area contributed by atoms with Crippen LogP contribution in [0.25, 0.3) is 0 Å². The summed E-state index contributed by atoms with van der Waals surface area (Å²) in [6.07, 6.45) is 0. The van der Waals surface area contributed by atoms with Crippen LogP contribution in [-0.2, 0) is 13.1 Å². The minimum atomic E-state index is -0.664. The molecule has 0 aliphatic rings. The number of nitrogens with one attached hydrogen (secondary N) is 3.